The van der Waals surface area contributed by atoms with Gasteiger partial charge in [0.25, 0.3) is 5.56 Å². The summed E-state index contributed by atoms with van der Waals surface area (Å²) < 4.78 is 17.3. The molecule has 2 heterocycles. The average molecular weight is 432 g/mol. The Morgan fingerprint density at radius 3 is 2.65 bits per heavy atom. The normalized spacial score (nSPS) is 11.5. The van der Waals surface area contributed by atoms with Crippen molar-refractivity contribution in [1.29, 1.82) is 0 Å². The molecule has 3 aromatic carbocycles. The third-order valence-corrected chi connectivity index (χ3v) is 5.88. The largest absolute Gasteiger partial charge is 0.330 e. The second-order valence-electron chi connectivity index (χ2n) is 7.70. The maximum atomic E-state index is 13.8. The molecule has 0 spiro atoms. The van der Waals surface area contributed by atoms with Crippen LogP contribution in [-0.2, 0) is 13.1 Å². The number of halogens is 2. The standard InChI is InChI=1S/C25H19ClFN3O/c1-16-9-10-22-20(11-16)23-24(30(22)13-17-5-4-7-19(27)12-17)25(31)29(15-28-23)14-18-6-2-3-8-21(18)26/h2-12,15H,13-14H2,1H3. The van der Waals surface area contributed by atoms with Crippen molar-refractivity contribution in [2.45, 2.75) is 20.0 Å². The Bertz CT molecular complexity index is 1500. The van der Waals surface area contributed by atoms with Gasteiger partial charge in [-0.15, -0.1) is 0 Å². The summed E-state index contributed by atoms with van der Waals surface area (Å²) in [4.78, 5) is 18.2. The molecule has 0 radical (unpaired) electrons. The van der Waals surface area contributed by atoms with Crippen molar-refractivity contribution < 1.29 is 4.39 Å². The van der Waals surface area contributed by atoms with Gasteiger partial charge in [0.2, 0.25) is 0 Å². The summed E-state index contributed by atoms with van der Waals surface area (Å²) in [5, 5.41) is 1.51. The van der Waals surface area contributed by atoms with Gasteiger partial charge in [-0.25, -0.2) is 9.37 Å². The first-order chi connectivity index (χ1) is 15.0. The minimum Gasteiger partial charge on any atom is -0.330 e. The van der Waals surface area contributed by atoms with Gasteiger partial charge in [-0.1, -0.05) is 53.6 Å². The molecule has 0 unspecified atom stereocenters. The monoisotopic (exact) mass is 431 g/mol. The molecule has 0 aliphatic heterocycles. The van der Waals surface area contributed by atoms with Crippen molar-refractivity contribution in [3.05, 3.63) is 111 Å². The fourth-order valence-electron chi connectivity index (χ4n) is 4.02. The van der Waals surface area contributed by atoms with Gasteiger partial charge in [0.1, 0.15) is 16.9 Å². The summed E-state index contributed by atoms with van der Waals surface area (Å²) >= 11 is 6.30. The second-order valence-corrected chi connectivity index (χ2v) is 8.11. The number of aromatic nitrogens is 3. The number of rotatable bonds is 4. The van der Waals surface area contributed by atoms with Crippen LogP contribution in [0.5, 0.6) is 0 Å². The zero-order valence-corrected chi connectivity index (χ0v) is 17.6. The van der Waals surface area contributed by atoms with E-state index in [-0.39, 0.29) is 11.4 Å². The van der Waals surface area contributed by atoms with Crippen LogP contribution in [0, 0.1) is 12.7 Å². The average Bonchev–Trinajstić information content (AvgIpc) is 3.05. The molecule has 2 aromatic heterocycles. The van der Waals surface area contributed by atoms with Crippen molar-refractivity contribution in [1.82, 2.24) is 14.1 Å². The van der Waals surface area contributed by atoms with E-state index >= 15 is 0 Å². The van der Waals surface area contributed by atoms with Crippen LogP contribution in [0.2, 0.25) is 5.02 Å². The van der Waals surface area contributed by atoms with Gasteiger partial charge in [-0.05, 0) is 48.4 Å². The van der Waals surface area contributed by atoms with E-state index < -0.39 is 0 Å². The molecule has 0 aliphatic carbocycles. The van der Waals surface area contributed by atoms with Gasteiger partial charge < -0.3 is 4.57 Å². The van der Waals surface area contributed by atoms with Crippen LogP contribution < -0.4 is 5.56 Å². The van der Waals surface area contributed by atoms with Crippen molar-refractivity contribution in [3.63, 3.8) is 0 Å². The van der Waals surface area contributed by atoms with Crippen molar-refractivity contribution >= 4 is 33.5 Å². The zero-order valence-electron chi connectivity index (χ0n) is 16.8. The fraction of sp³-hybridized carbons (Fsp3) is 0.120. The van der Waals surface area contributed by atoms with Gasteiger partial charge in [0, 0.05) is 17.0 Å². The van der Waals surface area contributed by atoms with Crippen LogP contribution >= 0.6 is 11.6 Å². The fourth-order valence-corrected chi connectivity index (χ4v) is 4.21. The molecule has 0 fully saturated rings. The molecule has 31 heavy (non-hydrogen) atoms. The highest BCUT2D eigenvalue weighted by Crippen LogP contribution is 2.27. The molecular formula is C25H19ClFN3O. The predicted octanol–water partition coefficient (Wildman–Crippen LogP) is 5.55. The summed E-state index contributed by atoms with van der Waals surface area (Å²) in [6.45, 7) is 2.70. The lowest BCUT2D eigenvalue weighted by Gasteiger charge is -2.10. The van der Waals surface area contributed by atoms with Gasteiger partial charge in [0.05, 0.1) is 18.4 Å². The number of hydrogen-bond acceptors (Lipinski definition) is 2. The Balaban J connectivity index is 1.74. The lowest BCUT2D eigenvalue weighted by atomic mass is 10.1. The van der Waals surface area contributed by atoms with Crippen molar-refractivity contribution in [2.24, 2.45) is 0 Å². The van der Waals surface area contributed by atoms with E-state index in [4.69, 9.17) is 11.6 Å². The van der Waals surface area contributed by atoms with E-state index in [1.165, 1.54) is 12.1 Å². The van der Waals surface area contributed by atoms with Crippen molar-refractivity contribution in [2.75, 3.05) is 0 Å². The van der Waals surface area contributed by atoms with Crippen LogP contribution in [0.4, 0.5) is 4.39 Å². The highest BCUT2D eigenvalue weighted by atomic mass is 35.5. The molecule has 0 saturated heterocycles. The van der Waals surface area contributed by atoms with Gasteiger partial charge in [-0.3, -0.25) is 9.36 Å². The molecule has 154 valence electrons. The Kier molecular flexibility index (Phi) is 4.83. The van der Waals surface area contributed by atoms with E-state index in [0.29, 0.717) is 29.1 Å². The Labute approximate surface area is 183 Å². The Morgan fingerprint density at radius 2 is 1.84 bits per heavy atom. The summed E-state index contributed by atoms with van der Waals surface area (Å²) in [5.74, 6) is -0.302. The third kappa shape index (κ3) is 3.51. The van der Waals surface area contributed by atoms with Crippen LogP contribution in [0.1, 0.15) is 16.7 Å². The minimum absolute atomic E-state index is 0.157. The van der Waals surface area contributed by atoms with Gasteiger partial charge in [0.15, 0.2) is 0 Å². The summed E-state index contributed by atoms with van der Waals surface area (Å²) in [7, 11) is 0. The SMILES string of the molecule is Cc1ccc2c(c1)c1ncn(Cc3ccccc3Cl)c(=O)c1n2Cc1cccc(F)c1. The summed E-state index contributed by atoms with van der Waals surface area (Å²) in [5.41, 5.74) is 4.59. The molecule has 0 saturated carbocycles. The van der Waals surface area contributed by atoms with E-state index in [9.17, 15) is 9.18 Å². The van der Waals surface area contributed by atoms with E-state index in [2.05, 4.69) is 4.98 Å². The first-order valence-corrected chi connectivity index (χ1v) is 10.3. The minimum atomic E-state index is -0.302. The summed E-state index contributed by atoms with van der Waals surface area (Å²) in [6, 6.07) is 19.9. The highest BCUT2D eigenvalue weighted by molar-refractivity contribution is 6.31. The highest BCUT2D eigenvalue weighted by Gasteiger charge is 2.17. The van der Waals surface area contributed by atoms with Crippen LogP contribution in [0.15, 0.2) is 77.9 Å². The molecule has 6 heteroatoms. The number of fused-ring (bicyclic) bond motifs is 3. The molecule has 0 N–H and O–H groups in total. The first kappa shape index (κ1) is 19.5. The maximum Gasteiger partial charge on any atom is 0.278 e. The molecule has 4 nitrogen and oxygen atoms in total. The van der Waals surface area contributed by atoms with E-state index in [0.717, 1.165) is 27.6 Å². The molecule has 0 bridgehead atoms. The van der Waals surface area contributed by atoms with Crippen LogP contribution in [-0.4, -0.2) is 14.1 Å². The molecular weight excluding hydrogens is 413 g/mol. The number of benzene rings is 3. The molecule has 0 amide bonds. The summed E-state index contributed by atoms with van der Waals surface area (Å²) in [6.07, 6.45) is 1.57. The number of nitrogens with zero attached hydrogens (tertiary/aromatic N) is 3. The predicted molar refractivity (Wildman–Crippen MR) is 122 cm³/mol. The number of hydrogen-bond donors (Lipinski definition) is 0. The molecule has 5 aromatic rings. The molecule has 5 rings (SSSR count). The second kappa shape index (κ2) is 7.67. The molecule has 0 aliphatic rings. The maximum absolute atomic E-state index is 13.8. The lowest BCUT2D eigenvalue weighted by molar-refractivity contribution is 0.624. The Morgan fingerprint density at radius 1 is 1.00 bits per heavy atom. The van der Waals surface area contributed by atoms with Crippen molar-refractivity contribution in [3.8, 4) is 0 Å². The van der Waals surface area contributed by atoms with Crippen LogP contribution in [0.25, 0.3) is 21.9 Å². The van der Waals surface area contributed by atoms with Crippen LogP contribution in [0.3, 0.4) is 0 Å². The van der Waals surface area contributed by atoms with Gasteiger partial charge >= 0.3 is 0 Å². The quantitative estimate of drug-likeness (QED) is 0.374. The third-order valence-electron chi connectivity index (χ3n) is 5.51. The van der Waals surface area contributed by atoms with Gasteiger partial charge in [-0.2, -0.15) is 0 Å². The smallest absolute Gasteiger partial charge is 0.278 e. The molecule has 0 atom stereocenters. The van der Waals surface area contributed by atoms with E-state index in [1.807, 2.05) is 54.0 Å². The zero-order chi connectivity index (χ0) is 21.5. The first-order valence-electron chi connectivity index (χ1n) is 9.97. The Hall–Kier alpha value is -3.44. The van der Waals surface area contributed by atoms with E-state index in [1.54, 1.807) is 23.0 Å². The topological polar surface area (TPSA) is 39.8 Å². The number of aryl methyl sites for hydroxylation is 1. The lowest BCUT2D eigenvalue weighted by Crippen LogP contribution is -2.23.